The quantitative estimate of drug-likeness (QED) is 0.837. The van der Waals surface area contributed by atoms with Gasteiger partial charge in [0.25, 0.3) is 0 Å². The average molecular weight is 336 g/mol. The highest BCUT2D eigenvalue weighted by Crippen LogP contribution is 2.30. The fraction of sp³-hybridized carbons (Fsp3) is 0.294. The van der Waals surface area contributed by atoms with Gasteiger partial charge in [-0.25, -0.2) is 4.39 Å². The van der Waals surface area contributed by atoms with Gasteiger partial charge in [0.1, 0.15) is 5.82 Å². The second kappa shape index (κ2) is 6.51. The molecule has 20 heavy (non-hydrogen) atoms. The van der Waals surface area contributed by atoms with Gasteiger partial charge in [-0.15, -0.1) is 0 Å². The molecule has 2 aromatic rings. The number of aryl methyl sites for hydroxylation is 2. The predicted molar refractivity (Wildman–Crippen MR) is 85.5 cm³/mol. The molecular formula is C17H19BrFN. The second-order valence-electron chi connectivity index (χ2n) is 5.00. The molecule has 2 rings (SSSR count). The summed E-state index contributed by atoms with van der Waals surface area (Å²) in [5.74, 6) is -0.213. The minimum atomic E-state index is -0.213. The van der Waals surface area contributed by atoms with Crippen molar-refractivity contribution in [2.45, 2.75) is 26.8 Å². The van der Waals surface area contributed by atoms with Crippen LogP contribution in [0.5, 0.6) is 0 Å². The molecule has 3 heteroatoms. The molecule has 0 radical (unpaired) electrons. The summed E-state index contributed by atoms with van der Waals surface area (Å²) in [5, 5.41) is 3.43. The molecule has 0 saturated heterocycles. The maximum Gasteiger partial charge on any atom is 0.123 e. The van der Waals surface area contributed by atoms with Crippen molar-refractivity contribution in [1.29, 1.82) is 0 Å². The van der Waals surface area contributed by atoms with E-state index in [9.17, 15) is 4.39 Å². The third kappa shape index (κ3) is 3.28. The Kier molecular flexibility index (Phi) is 4.95. The van der Waals surface area contributed by atoms with Crippen LogP contribution < -0.4 is 5.32 Å². The zero-order valence-corrected chi connectivity index (χ0v) is 13.6. The molecule has 1 N–H and O–H groups in total. The van der Waals surface area contributed by atoms with Crippen molar-refractivity contribution in [3.05, 3.63) is 68.9 Å². The second-order valence-corrected chi connectivity index (χ2v) is 5.85. The number of hydrogen-bond acceptors (Lipinski definition) is 1. The van der Waals surface area contributed by atoms with Crippen LogP contribution in [0.25, 0.3) is 0 Å². The maximum absolute atomic E-state index is 13.6. The van der Waals surface area contributed by atoms with Crippen LogP contribution in [0, 0.1) is 19.7 Å². The van der Waals surface area contributed by atoms with Crippen molar-refractivity contribution in [2.24, 2.45) is 0 Å². The van der Waals surface area contributed by atoms with E-state index in [2.05, 4.69) is 60.2 Å². The minimum absolute atomic E-state index is 0.00984. The SMILES string of the molecule is CCNC(c1ccc(C)c(C)c1)c1cc(F)ccc1Br. The molecule has 0 amide bonds. The highest BCUT2D eigenvalue weighted by Gasteiger charge is 2.17. The maximum atomic E-state index is 13.6. The molecule has 1 unspecified atom stereocenters. The van der Waals surface area contributed by atoms with E-state index < -0.39 is 0 Å². The molecule has 0 heterocycles. The molecule has 0 aliphatic rings. The van der Waals surface area contributed by atoms with Crippen LogP contribution in [0.4, 0.5) is 4.39 Å². The number of rotatable bonds is 4. The molecule has 0 aliphatic heterocycles. The summed E-state index contributed by atoms with van der Waals surface area (Å²) < 4.78 is 14.5. The third-order valence-electron chi connectivity index (χ3n) is 3.54. The van der Waals surface area contributed by atoms with Gasteiger partial charge < -0.3 is 5.32 Å². The molecule has 0 fully saturated rings. The van der Waals surface area contributed by atoms with Gasteiger partial charge in [0, 0.05) is 4.47 Å². The van der Waals surface area contributed by atoms with Crippen molar-refractivity contribution < 1.29 is 4.39 Å². The number of benzene rings is 2. The highest BCUT2D eigenvalue weighted by molar-refractivity contribution is 9.10. The lowest BCUT2D eigenvalue weighted by molar-refractivity contribution is 0.601. The summed E-state index contributed by atoms with van der Waals surface area (Å²) in [4.78, 5) is 0. The van der Waals surface area contributed by atoms with E-state index in [1.165, 1.54) is 17.2 Å². The van der Waals surface area contributed by atoms with E-state index in [0.717, 1.165) is 22.1 Å². The summed E-state index contributed by atoms with van der Waals surface area (Å²) >= 11 is 3.52. The van der Waals surface area contributed by atoms with Crippen LogP contribution in [-0.4, -0.2) is 6.54 Å². The van der Waals surface area contributed by atoms with Gasteiger partial charge in [-0.3, -0.25) is 0 Å². The Morgan fingerprint density at radius 2 is 1.85 bits per heavy atom. The molecule has 0 aromatic heterocycles. The van der Waals surface area contributed by atoms with Gasteiger partial charge in [0.2, 0.25) is 0 Å². The first kappa shape index (κ1) is 15.2. The summed E-state index contributed by atoms with van der Waals surface area (Å²) in [7, 11) is 0. The highest BCUT2D eigenvalue weighted by atomic mass is 79.9. The van der Waals surface area contributed by atoms with E-state index in [-0.39, 0.29) is 11.9 Å². The first-order valence-electron chi connectivity index (χ1n) is 6.78. The van der Waals surface area contributed by atoms with Crippen LogP contribution in [0.15, 0.2) is 40.9 Å². The van der Waals surface area contributed by atoms with E-state index >= 15 is 0 Å². The summed E-state index contributed by atoms with van der Waals surface area (Å²) in [6.45, 7) is 7.07. The lowest BCUT2D eigenvalue weighted by Gasteiger charge is -2.21. The first-order valence-corrected chi connectivity index (χ1v) is 7.57. The van der Waals surface area contributed by atoms with Crippen LogP contribution in [-0.2, 0) is 0 Å². The monoisotopic (exact) mass is 335 g/mol. The Labute approximate surface area is 128 Å². The fourth-order valence-corrected chi connectivity index (χ4v) is 2.77. The Morgan fingerprint density at radius 3 is 2.50 bits per heavy atom. The molecule has 0 saturated carbocycles. The van der Waals surface area contributed by atoms with Gasteiger partial charge in [0.15, 0.2) is 0 Å². The van der Waals surface area contributed by atoms with E-state index in [4.69, 9.17) is 0 Å². The van der Waals surface area contributed by atoms with Gasteiger partial charge in [-0.1, -0.05) is 41.1 Å². The Balaban J connectivity index is 2.49. The molecule has 2 aromatic carbocycles. The summed E-state index contributed by atoms with van der Waals surface area (Å²) in [6.07, 6.45) is 0. The van der Waals surface area contributed by atoms with Crippen LogP contribution in [0.3, 0.4) is 0 Å². The van der Waals surface area contributed by atoms with Crippen LogP contribution >= 0.6 is 15.9 Å². The molecule has 0 aliphatic carbocycles. The Bertz CT molecular complexity index is 610. The molecule has 106 valence electrons. The summed E-state index contributed by atoms with van der Waals surface area (Å²) in [6, 6.07) is 11.2. The fourth-order valence-electron chi connectivity index (χ4n) is 2.29. The average Bonchev–Trinajstić information content (AvgIpc) is 2.42. The van der Waals surface area contributed by atoms with Gasteiger partial charge in [-0.2, -0.15) is 0 Å². The predicted octanol–water partition coefficient (Wildman–Crippen LogP) is 4.90. The first-order chi connectivity index (χ1) is 9.52. The lowest BCUT2D eigenvalue weighted by Crippen LogP contribution is -2.22. The Hall–Kier alpha value is -1.19. The zero-order valence-electron chi connectivity index (χ0n) is 12.0. The van der Waals surface area contributed by atoms with Gasteiger partial charge in [0.05, 0.1) is 6.04 Å². The van der Waals surface area contributed by atoms with Gasteiger partial charge >= 0.3 is 0 Å². The van der Waals surface area contributed by atoms with Crippen molar-refractivity contribution in [3.8, 4) is 0 Å². The molecular weight excluding hydrogens is 317 g/mol. The van der Waals surface area contributed by atoms with Gasteiger partial charge in [-0.05, 0) is 60.8 Å². The lowest BCUT2D eigenvalue weighted by atomic mass is 9.95. The molecule has 1 atom stereocenters. The van der Waals surface area contributed by atoms with Crippen molar-refractivity contribution in [1.82, 2.24) is 5.32 Å². The van der Waals surface area contributed by atoms with E-state index in [1.807, 2.05) is 0 Å². The number of halogens is 2. The number of hydrogen-bond donors (Lipinski definition) is 1. The normalized spacial score (nSPS) is 12.4. The third-order valence-corrected chi connectivity index (χ3v) is 4.26. The van der Waals surface area contributed by atoms with Crippen molar-refractivity contribution in [3.63, 3.8) is 0 Å². The zero-order chi connectivity index (χ0) is 14.7. The largest absolute Gasteiger partial charge is 0.306 e. The Morgan fingerprint density at radius 1 is 1.10 bits per heavy atom. The molecule has 1 nitrogen and oxygen atoms in total. The minimum Gasteiger partial charge on any atom is -0.306 e. The van der Waals surface area contributed by atoms with E-state index in [0.29, 0.717) is 0 Å². The van der Waals surface area contributed by atoms with Crippen molar-refractivity contribution >= 4 is 15.9 Å². The van der Waals surface area contributed by atoms with Crippen LogP contribution in [0.2, 0.25) is 0 Å². The smallest absolute Gasteiger partial charge is 0.123 e. The van der Waals surface area contributed by atoms with E-state index in [1.54, 1.807) is 12.1 Å². The number of nitrogens with one attached hydrogen (secondary N) is 1. The topological polar surface area (TPSA) is 12.0 Å². The van der Waals surface area contributed by atoms with Crippen molar-refractivity contribution in [2.75, 3.05) is 6.54 Å². The van der Waals surface area contributed by atoms with Crippen LogP contribution in [0.1, 0.15) is 35.2 Å². The standard InChI is InChI=1S/C17H19BrFN/c1-4-20-17(13-6-5-11(2)12(3)9-13)15-10-14(19)7-8-16(15)18/h5-10,17,20H,4H2,1-3H3. The molecule has 0 spiro atoms. The summed E-state index contributed by atoms with van der Waals surface area (Å²) in [5.41, 5.74) is 4.59. The molecule has 0 bridgehead atoms.